The number of carbonyl (C=O) groups is 1. The van der Waals surface area contributed by atoms with Crippen LogP contribution < -0.4 is 14.5 Å². The van der Waals surface area contributed by atoms with Crippen LogP contribution in [0.2, 0.25) is 0 Å². The van der Waals surface area contributed by atoms with E-state index < -0.39 is 5.97 Å². The Bertz CT molecular complexity index is 942. The summed E-state index contributed by atoms with van der Waals surface area (Å²) in [6.45, 7) is 1.16. The number of hydrogen-bond donors (Lipinski definition) is 1. The molecule has 0 radical (unpaired) electrons. The molecule has 0 saturated heterocycles. The molecule has 0 saturated carbocycles. The number of ether oxygens (including phenoxy) is 1. The van der Waals surface area contributed by atoms with Crippen LogP contribution in [0, 0.1) is 0 Å². The minimum atomic E-state index is -0.756. The van der Waals surface area contributed by atoms with E-state index >= 15 is 0 Å². The smallest absolute Gasteiger partial charge is 0.303 e. The molecule has 31 heavy (non-hydrogen) atoms. The van der Waals surface area contributed by atoms with E-state index in [0.717, 1.165) is 34.9 Å². The summed E-state index contributed by atoms with van der Waals surface area (Å²) >= 11 is 0. The van der Waals surface area contributed by atoms with E-state index in [4.69, 9.17) is 9.84 Å². The lowest BCUT2D eigenvalue weighted by atomic mass is 10.1. The molecule has 1 N–H and O–H groups in total. The molecule has 0 spiro atoms. The second kappa shape index (κ2) is 11.0. The summed E-state index contributed by atoms with van der Waals surface area (Å²) in [5.74, 6) is 0.914. The number of carboxylic acid groups (broad SMARTS) is 1. The highest BCUT2D eigenvalue weighted by Crippen LogP contribution is 2.25. The lowest BCUT2D eigenvalue weighted by Crippen LogP contribution is -2.24. The Hall–Kier alpha value is -3.54. The number of aryl methyl sites for hydroxylation is 1. The summed E-state index contributed by atoms with van der Waals surface area (Å²) < 4.78 is 5.97. The Labute approximate surface area is 183 Å². The molecule has 1 heterocycles. The van der Waals surface area contributed by atoms with Gasteiger partial charge in [0.2, 0.25) is 0 Å². The first kappa shape index (κ1) is 22.2. The zero-order valence-corrected chi connectivity index (χ0v) is 18.1. The van der Waals surface area contributed by atoms with Gasteiger partial charge in [0.25, 0.3) is 0 Å². The van der Waals surface area contributed by atoms with Gasteiger partial charge in [0.05, 0.1) is 6.54 Å². The topological polar surface area (TPSA) is 65.9 Å². The molecule has 0 bridgehead atoms. The monoisotopic (exact) mass is 419 g/mol. The van der Waals surface area contributed by atoms with Crippen LogP contribution in [-0.4, -0.2) is 43.3 Å². The zero-order valence-electron chi connectivity index (χ0n) is 18.1. The van der Waals surface area contributed by atoms with Gasteiger partial charge in [-0.1, -0.05) is 18.2 Å². The average Bonchev–Trinajstić information content (AvgIpc) is 2.78. The molecule has 2 aromatic carbocycles. The predicted molar refractivity (Wildman–Crippen MR) is 125 cm³/mol. The third-order valence-electron chi connectivity index (χ3n) is 4.97. The summed E-state index contributed by atoms with van der Waals surface area (Å²) in [6, 6.07) is 22.1. The Morgan fingerprint density at radius 1 is 0.968 bits per heavy atom. The number of hydrogen-bond acceptors (Lipinski definition) is 5. The molecule has 0 aliphatic heterocycles. The van der Waals surface area contributed by atoms with Crippen molar-refractivity contribution in [3.63, 3.8) is 0 Å². The lowest BCUT2D eigenvalue weighted by Gasteiger charge is -2.24. The second-order valence-electron chi connectivity index (χ2n) is 7.49. The fraction of sp³-hybridized carbons (Fsp3) is 0.280. The molecule has 6 heteroatoms. The highest BCUT2D eigenvalue weighted by atomic mass is 16.5. The minimum Gasteiger partial charge on any atom is -0.492 e. The van der Waals surface area contributed by atoms with Crippen molar-refractivity contribution in [2.24, 2.45) is 0 Å². The van der Waals surface area contributed by atoms with Crippen molar-refractivity contribution in [3.8, 4) is 5.75 Å². The van der Waals surface area contributed by atoms with E-state index in [2.05, 4.69) is 39.0 Å². The number of carboxylic acids is 1. The fourth-order valence-electron chi connectivity index (χ4n) is 3.27. The molecule has 6 nitrogen and oxygen atoms in total. The van der Waals surface area contributed by atoms with Gasteiger partial charge in [-0.2, -0.15) is 0 Å². The fourth-order valence-corrected chi connectivity index (χ4v) is 3.27. The molecule has 0 amide bonds. The summed E-state index contributed by atoms with van der Waals surface area (Å²) in [7, 11) is 4.05. The first-order chi connectivity index (χ1) is 15.0. The Morgan fingerprint density at radius 2 is 1.68 bits per heavy atom. The maximum absolute atomic E-state index is 10.6. The Balaban J connectivity index is 1.61. The normalized spacial score (nSPS) is 10.5. The molecule has 0 unspecified atom stereocenters. The highest BCUT2D eigenvalue weighted by molar-refractivity contribution is 5.66. The van der Waals surface area contributed by atoms with Crippen LogP contribution in [-0.2, 0) is 11.2 Å². The predicted octanol–water partition coefficient (Wildman–Crippen LogP) is 4.77. The third-order valence-corrected chi connectivity index (χ3v) is 4.97. The minimum absolute atomic E-state index is 0.192. The van der Waals surface area contributed by atoms with Gasteiger partial charge in [0.1, 0.15) is 18.2 Å². The van der Waals surface area contributed by atoms with Gasteiger partial charge in [0.15, 0.2) is 0 Å². The largest absolute Gasteiger partial charge is 0.492 e. The van der Waals surface area contributed by atoms with Crippen LogP contribution in [0.5, 0.6) is 5.75 Å². The van der Waals surface area contributed by atoms with Crippen molar-refractivity contribution >= 4 is 23.2 Å². The van der Waals surface area contributed by atoms with E-state index in [0.29, 0.717) is 19.6 Å². The molecule has 0 atom stereocenters. The summed E-state index contributed by atoms with van der Waals surface area (Å²) in [5, 5.41) is 8.75. The molecule has 3 aromatic rings. The van der Waals surface area contributed by atoms with Crippen molar-refractivity contribution < 1.29 is 14.6 Å². The van der Waals surface area contributed by atoms with Crippen LogP contribution >= 0.6 is 0 Å². The zero-order chi connectivity index (χ0) is 22.1. The molecule has 1 aromatic heterocycles. The van der Waals surface area contributed by atoms with Crippen LogP contribution in [0.25, 0.3) is 0 Å². The number of aromatic nitrogens is 1. The van der Waals surface area contributed by atoms with Crippen LogP contribution in [0.3, 0.4) is 0 Å². The van der Waals surface area contributed by atoms with Gasteiger partial charge in [-0.3, -0.25) is 4.79 Å². The molecule has 0 fully saturated rings. The number of benzene rings is 2. The Morgan fingerprint density at radius 3 is 2.29 bits per heavy atom. The number of rotatable bonds is 11. The Kier molecular flexibility index (Phi) is 7.87. The van der Waals surface area contributed by atoms with E-state index in [1.54, 1.807) is 6.20 Å². The number of aliphatic carboxylic acids is 1. The number of anilines is 3. The van der Waals surface area contributed by atoms with Crippen molar-refractivity contribution in [2.75, 3.05) is 37.0 Å². The van der Waals surface area contributed by atoms with Crippen LogP contribution in [0.15, 0.2) is 72.9 Å². The summed E-state index contributed by atoms with van der Waals surface area (Å²) in [5.41, 5.74) is 3.32. The lowest BCUT2D eigenvalue weighted by molar-refractivity contribution is -0.137. The third kappa shape index (κ3) is 6.74. The molecule has 3 rings (SSSR count). The maximum Gasteiger partial charge on any atom is 0.303 e. The standard InChI is InChI=1S/C25H29N3O3/c1-27(2)21-11-13-22(14-12-21)28(24-7-3-4-17-26-24)18-19-31-23-15-9-20(10-16-23)6-5-8-25(29)30/h3-4,7,9-17H,5-6,8,18-19H2,1-2H3,(H,29,30). The van der Waals surface area contributed by atoms with E-state index in [-0.39, 0.29) is 6.42 Å². The first-order valence-corrected chi connectivity index (χ1v) is 10.4. The SMILES string of the molecule is CN(C)c1ccc(N(CCOc2ccc(CCCC(=O)O)cc2)c2ccccn2)cc1. The number of nitrogens with zero attached hydrogens (tertiary/aromatic N) is 3. The van der Waals surface area contributed by atoms with E-state index in [9.17, 15) is 4.79 Å². The van der Waals surface area contributed by atoms with Crippen LogP contribution in [0.1, 0.15) is 18.4 Å². The molecule has 0 aliphatic rings. The first-order valence-electron chi connectivity index (χ1n) is 10.4. The van der Waals surface area contributed by atoms with Gasteiger partial charge in [-0.25, -0.2) is 4.98 Å². The van der Waals surface area contributed by atoms with Gasteiger partial charge in [-0.05, 0) is 66.9 Å². The summed E-state index contributed by atoms with van der Waals surface area (Å²) in [4.78, 5) is 19.4. The van der Waals surface area contributed by atoms with Crippen molar-refractivity contribution in [1.29, 1.82) is 0 Å². The summed E-state index contributed by atoms with van der Waals surface area (Å²) in [6.07, 6.45) is 3.38. The average molecular weight is 420 g/mol. The van der Waals surface area contributed by atoms with Gasteiger partial charge in [-0.15, -0.1) is 0 Å². The molecule has 0 aliphatic carbocycles. The maximum atomic E-state index is 10.6. The van der Waals surface area contributed by atoms with Crippen molar-refractivity contribution in [1.82, 2.24) is 4.98 Å². The van der Waals surface area contributed by atoms with Crippen LogP contribution in [0.4, 0.5) is 17.2 Å². The molecular weight excluding hydrogens is 390 g/mol. The molecule has 162 valence electrons. The number of pyridine rings is 1. The van der Waals surface area contributed by atoms with E-state index in [1.807, 2.05) is 56.6 Å². The van der Waals surface area contributed by atoms with Crippen molar-refractivity contribution in [2.45, 2.75) is 19.3 Å². The second-order valence-corrected chi connectivity index (χ2v) is 7.49. The van der Waals surface area contributed by atoms with Gasteiger partial charge in [0, 0.05) is 38.1 Å². The quantitative estimate of drug-likeness (QED) is 0.483. The van der Waals surface area contributed by atoms with Crippen molar-refractivity contribution in [3.05, 3.63) is 78.5 Å². The van der Waals surface area contributed by atoms with Gasteiger partial charge >= 0.3 is 5.97 Å². The van der Waals surface area contributed by atoms with Gasteiger partial charge < -0.3 is 19.6 Å². The van der Waals surface area contributed by atoms with E-state index in [1.165, 1.54) is 0 Å². The molecular formula is C25H29N3O3. The highest BCUT2D eigenvalue weighted by Gasteiger charge is 2.11.